The highest BCUT2D eigenvalue weighted by Crippen LogP contribution is 2.21. The SMILES string of the molecule is O=C(/C=C/c1c(F)cccc1Cl)N1CCN(S(=O)(=O)c2ccccc2)CC1. The lowest BCUT2D eigenvalue weighted by atomic mass is 10.2. The molecule has 8 heteroatoms. The van der Waals surface area contributed by atoms with Crippen LogP contribution in [0.4, 0.5) is 4.39 Å². The topological polar surface area (TPSA) is 57.7 Å². The molecule has 0 atom stereocenters. The maximum Gasteiger partial charge on any atom is 0.246 e. The van der Waals surface area contributed by atoms with Gasteiger partial charge in [0.15, 0.2) is 0 Å². The first-order valence-electron chi connectivity index (χ1n) is 8.36. The van der Waals surface area contributed by atoms with E-state index in [1.54, 1.807) is 36.4 Å². The van der Waals surface area contributed by atoms with Crippen LogP contribution in [-0.2, 0) is 14.8 Å². The van der Waals surface area contributed by atoms with Gasteiger partial charge in [0.1, 0.15) is 5.82 Å². The van der Waals surface area contributed by atoms with Crippen LogP contribution in [0.1, 0.15) is 5.56 Å². The fraction of sp³-hybridized carbons (Fsp3) is 0.211. The molecule has 0 aliphatic carbocycles. The zero-order valence-corrected chi connectivity index (χ0v) is 16.0. The summed E-state index contributed by atoms with van der Waals surface area (Å²) < 4.78 is 40.3. The molecule has 2 aromatic rings. The molecule has 1 aliphatic heterocycles. The molecule has 27 heavy (non-hydrogen) atoms. The molecule has 0 unspecified atom stereocenters. The predicted molar refractivity (Wildman–Crippen MR) is 102 cm³/mol. The van der Waals surface area contributed by atoms with E-state index in [2.05, 4.69) is 0 Å². The van der Waals surface area contributed by atoms with Gasteiger partial charge in [-0.25, -0.2) is 12.8 Å². The molecule has 0 bridgehead atoms. The van der Waals surface area contributed by atoms with Crippen molar-refractivity contribution in [1.82, 2.24) is 9.21 Å². The third-order valence-electron chi connectivity index (χ3n) is 4.32. The molecule has 0 N–H and O–H groups in total. The van der Waals surface area contributed by atoms with Gasteiger partial charge in [-0.1, -0.05) is 35.9 Å². The summed E-state index contributed by atoms with van der Waals surface area (Å²) in [5, 5.41) is 0.220. The quantitative estimate of drug-likeness (QED) is 0.731. The second-order valence-corrected chi connectivity index (χ2v) is 8.36. The van der Waals surface area contributed by atoms with E-state index in [0.29, 0.717) is 0 Å². The Labute approximate surface area is 162 Å². The first kappa shape index (κ1) is 19.5. The Morgan fingerprint density at radius 2 is 1.67 bits per heavy atom. The first-order chi connectivity index (χ1) is 12.9. The predicted octanol–water partition coefficient (Wildman–Crippen LogP) is 3.03. The van der Waals surface area contributed by atoms with E-state index in [1.165, 1.54) is 33.5 Å². The molecule has 1 heterocycles. The average molecular weight is 409 g/mol. The Kier molecular flexibility index (Phi) is 5.94. The molecule has 3 rings (SSSR count). The van der Waals surface area contributed by atoms with Crippen molar-refractivity contribution in [3.8, 4) is 0 Å². The van der Waals surface area contributed by atoms with Crippen molar-refractivity contribution in [2.75, 3.05) is 26.2 Å². The molecule has 0 spiro atoms. The van der Waals surface area contributed by atoms with Gasteiger partial charge >= 0.3 is 0 Å². The molecule has 142 valence electrons. The van der Waals surface area contributed by atoms with Gasteiger partial charge in [0.05, 0.1) is 9.92 Å². The standard InChI is InChI=1S/C19H18ClFN2O3S/c20-17-7-4-8-18(21)16(17)9-10-19(24)22-11-13-23(14-12-22)27(25,26)15-5-2-1-3-6-15/h1-10H,11-14H2/b10-9+. The van der Waals surface area contributed by atoms with Crippen molar-refractivity contribution < 1.29 is 17.6 Å². The summed E-state index contributed by atoms with van der Waals surface area (Å²) >= 11 is 5.94. The van der Waals surface area contributed by atoms with E-state index in [0.717, 1.165) is 0 Å². The van der Waals surface area contributed by atoms with Crippen LogP contribution in [0.25, 0.3) is 6.08 Å². The van der Waals surface area contributed by atoms with E-state index < -0.39 is 15.8 Å². The number of piperazine rings is 1. The molecule has 1 amide bonds. The number of benzene rings is 2. The maximum absolute atomic E-state index is 13.8. The number of sulfonamides is 1. The normalized spacial score (nSPS) is 16.0. The van der Waals surface area contributed by atoms with Gasteiger partial charge in [-0.05, 0) is 30.3 Å². The fourth-order valence-electron chi connectivity index (χ4n) is 2.82. The summed E-state index contributed by atoms with van der Waals surface area (Å²) in [7, 11) is -3.57. The number of nitrogens with zero attached hydrogens (tertiary/aromatic N) is 2. The number of rotatable bonds is 4. The van der Waals surface area contributed by atoms with Crippen LogP contribution in [-0.4, -0.2) is 49.7 Å². The van der Waals surface area contributed by atoms with E-state index >= 15 is 0 Å². The number of amides is 1. The van der Waals surface area contributed by atoms with Gasteiger partial charge in [0, 0.05) is 37.8 Å². The lowest BCUT2D eigenvalue weighted by Crippen LogP contribution is -2.50. The molecule has 0 saturated carbocycles. The van der Waals surface area contributed by atoms with Crippen molar-refractivity contribution in [1.29, 1.82) is 0 Å². The van der Waals surface area contributed by atoms with E-state index in [-0.39, 0.29) is 47.6 Å². The zero-order chi connectivity index (χ0) is 19.4. The Bertz CT molecular complexity index is 936. The van der Waals surface area contributed by atoms with Gasteiger partial charge < -0.3 is 4.90 Å². The van der Waals surface area contributed by atoms with Crippen LogP contribution >= 0.6 is 11.6 Å². The summed E-state index contributed by atoms with van der Waals surface area (Å²) in [6, 6.07) is 12.5. The van der Waals surface area contributed by atoms with Gasteiger partial charge in [0.2, 0.25) is 15.9 Å². The number of carbonyl (C=O) groups excluding carboxylic acids is 1. The fourth-order valence-corrected chi connectivity index (χ4v) is 4.49. The van der Waals surface area contributed by atoms with Crippen LogP contribution < -0.4 is 0 Å². The van der Waals surface area contributed by atoms with Gasteiger partial charge in [0.25, 0.3) is 0 Å². The lowest BCUT2D eigenvalue weighted by molar-refractivity contribution is -0.127. The second kappa shape index (κ2) is 8.21. The molecule has 0 radical (unpaired) electrons. The highest BCUT2D eigenvalue weighted by Gasteiger charge is 2.29. The maximum atomic E-state index is 13.8. The molecule has 0 aromatic heterocycles. The summed E-state index contributed by atoms with van der Waals surface area (Å²) in [5.74, 6) is -0.823. The lowest BCUT2D eigenvalue weighted by Gasteiger charge is -2.33. The summed E-state index contributed by atoms with van der Waals surface area (Å²) in [6.07, 6.45) is 2.60. The van der Waals surface area contributed by atoms with Gasteiger partial charge in [-0.15, -0.1) is 0 Å². The van der Waals surface area contributed by atoms with Gasteiger partial charge in [-0.2, -0.15) is 4.31 Å². The van der Waals surface area contributed by atoms with Crippen LogP contribution in [0.2, 0.25) is 5.02 Å². The van der Waals surface area contributed by atoms with Crippen LogP contribution in [0, 0.1) is 5.82 Å². The van der Waals surface area contributed by atoms with Crippen molar-refractivity contribution in [3.05, 3.63) is 71.0 Å². The van der Waals surface area contributed by atoms with Gasteiger partial charge in [-0.3, -0.25) is 4.79 Å². The number of hydrogen-bond acceptors (Lipinski definition) is 3. The Balaban J connectivity index is 1.64. The first-order valence-corrected chi connectivity index (χ1v) is 10.2. The van der Waals surface area contributed by atoms with Crippen molar-refractivity contribution >= 4 is 33.6 Å². The summed E-state index contributed by atoms with van der Waals surface area (Å²) in [6.45, 7) is 0.939. The van der Waals surface area contributed by atoms with E-state index in [1.807, 2.05) is 0 Å². The van der Waals surface area contributed by atoms with Crippen LogP contribution in [0.5, 0.6) is 0 Å². The number of hydrogen-bond donors (Lipinski definition) is 0. The smallest absolute Gasteiger partial charge is 0.246 e. The zero-order valence-electron chi connectivity index (χ0n) is 14.4. The third-order valence-corrected chi connectivity index (χ3v) is 6.57. The third kappa shape index (κ3) is 4.37. The molecule has 1 saturated heterocycles. The molecule has 1 fully saturated rings. The Morgan fingerprint density at radius 3 is 2.30 bits per heavy atom. The molecule has 1 aliphatic rings. The highest BCUT2D eigenvalue weighted by molar-refractivity contribution is 7.89. The number of halogens is 2. The van der Waals surface area contributed by atoms with Crippen molar-refractivity contribution in [2.45, 2.75) is 4.90 Å². The average Bonchev–Trinajstić information content (AvgIpc) is 2.68. The second-order valence-electron chi connectivity index (χ2n) is 6.01. The minimum Gasteiger partial charge on any atom is -0.337 e. The minimum absolute atomic E-state index is 0.151. The molecule has 2 aromatic carbocycles. The van der Waals surface area contributed by atoms with Crippen molar-refractivity contribution in [2.24, 2.45) is 0 Å². The summed E-state index contributed by atoms with van der Waals surface area (Å²) in [5.41, 5.74) is 0.151. The monoisotopic (exact) mass is 408 g/mol. The minimum atomic E-state index is -3.57. The summed E-state index contributed by atoms with van der Waals surface area (Å²) in [4.78, 5) is 14.1. The van der Waals surface area contributed by atoms with E-state index in [4.69, 9.17) is 11.6 Å². The molecular formula is C19H18ClFN2O3S. The molecule has 5 nitrogen and oxygen atoms in total. The van der Waals surface area contributed by atoms with E-state index in [9.17, 15) is 17.6 Å². The Morgan fingerprint density at radius 1 is 1.00 bits per heavy atom. The van der Waals surface area contributed by atoms with Crippen LogP contribution in [0.15, 0.2) is 59.5 Å². The number of carbonyl (C=O) groups is 1. The highest BCUT2D eigenvalue weighted by atomic mass is 35.5. The van der Waals surface area contributed by atoms with Crippen LogP contribution in [0.3, 0.4) is 0 Å². The Hall–Kier alpha value is -2.22. The molecular weight excluding hydrogens is 391 g/mol. The van der Waals surface area contributed by atoms with Crippen molar-refractivity contribution in [3.63, 3.8) is 0 Å². The largest absolute Gasteiger partial charge is 0.337 e.